The summed E-state index contributed by atoms with van der Waals surface area (Å²) in [6.07, 6.45) is 5.63. The highest BCUT2D eigenvalue weighted by molar-refractivity contribution is 5.93. The molecule has 5 heteroatoms. The molecule has 1 aliphatic heterocycles. The normalized spacial score (nSPS) is 21.8. The fraction of sp³-hybridized carbons (Fsp3) is 0.588. The number of amides is 1. The van der Waals surface area contributed by atoms with E-state index in [1.54, 1.807) is 7.11 Å². The minimum Gasteiger partial charge on any atom is -0.493 e. The first kappa shape index (κ1) is 15.2. The molecule has 0 spiro atoms. The lowest BCUT2D eigenvalue weighted by atomic mass is 10.1. The highest BCUT2D eigenvalue weighted by atomic mass is 16.5. The Balaban J connectivity index is 1.69. The van der Waals surface area contributed by atoms with Crippen molar-refractivity contribution >= 4 is 11.6 Å². The Morgan fingerprint density at radius 2 is 2.05 bits per heavy atom. The van der Waals surface area contributed by atoms with Gasteiger partial charge in [-0.05, 0) is 44.2 Å². The number of hydrogen-bond acceptors (Lipinski definition) is 4. The summed E-state index contributed by atoms with van der Waals surface area (Å²) in [5.41, 5.74) is 0.741. The third kappa shape index (κ3) is 3.53. The van der Waals surface area contributed by atoms with E-state index >= 15 is 0 Å². The van der Waals surface area contributed by atoms with Crippen molar-refractivity contribution < 1.29 is 19.0 Å². The number of ether oxygens (including phenoxy) is 3. The number of rotatable bonds is 5. The van der Waals surface area contributed by atoms with Crippen molar-refractivity contribution in [1.29, 1.82) is 0 Å². The van der Waals surface area contributed by atoms with Crippen molar-refractivity contribution in [3.8, 4) is 11.5 Å². The monoisotopic (exact) mass is 305 g/mol. The van der Waals surface area contributed by atoms with Crippen LogP contribution in [-0.4, -0.2) is 32.3 Å². The van der Waals surface area contributed by atoms with Crippen LogP contribution in [0.1, 0.15) is 32.1 Å². The van der Waals surface area contributed by atoms with Gasteiger partial charge in [0.2, 0.25) is 5.91 Å². The van der Waals surface area contributed by atoms with Crippen molar-refractivity contribution in [3.63, 3.8) is 0 Å². The Hall–Kier alpha value is -1.75. The molecule has 1 N–H and O–H groups in total. The Bertz CT molecular complexity index is 519. The second-order valence-electron chi connectivity index (χ2n) is 5.94. The van der Waals surface area contributed by atoms with Gasteiger partial charge in [0.1, 0.15) is 0 Å². The largest absolute Gasteiger partial charge is 0.493 e. The number of benzene rings is 1. The Morgan fingerprint density at radius 3 is 2.73 bits per heavy atom. The van der Waals surface area contributed by atoms with E-state index in [1.165, 1.54) is 12.8 Å². The molecule has 0 unspecified atom stereocenters. The molecular weight excluding hydrogens is 282 g/mol. The quantitative estimate of drug-likeness (QED) is 0.908. The van der Waals surface area contributed by atoms with Gasteiger partial charge in [-0.2, -0.15) is 0 Å². The van der Waals surface area contributed by atoms with E-state index < -0.39 is 0 Å². The van der Waals surface area contributed by atoms with Crippen LogP contribution in [0, 0.1) is 5.92 Å². The van der Waals surface area contributed by atoms with Crippen LogP contribution in [0.3, 0.4) is 0 Å². The van der Waals surface area contributed by atoms with Crippen LogP contribution in [0.2, 0.25) is 0 Å². The summed E-state index contributed by atoms with van der Waals surface area (Å²) in [6, 6.07) is 5.53. The molecule has 3 rings (SSSR count). The lowest BCUT2D eigenvalue weighted by Crippen LogP contribution is -2.22. The fourth-order valence-electron chi connectivity index (χ4n) is 3.02. The highest BCUT2D eigenvalue weighted by Gasteiger charge is 2.24. The van der Waals surface area contributed by atoms with Gasteiger partial charge in [0.25, 0.3) is 0 Å². The van der Waals surface area contributed by atoms with Crippen LogP contribution in [0.25, 0.3) is 0 Å². The van der Waals surface area contributed by atoms with Gasteiger partial charge in [0.05, 0.1) is 25.7 Å². The number of methoxy groups -OCH3 is 1. The first-order valence-corrected chi connectivity index (χ1v) is 7.99. The molecule has 22 heavy (non-hydrogen) atoms. The third-order valence-electron chi connectivity index (χ3n) is 4.33. The molecule has 1 heterocycles. The summed E-state index contributed by atoms with van der Waals surface area (Å²) in [5.74, 6) is 1.36. The molecule has 1 saturated carbocycles. The SMILES string of the molecule is COc1ccc(NC(=O)[C@H]2CCOC2)cc1OC1CCCC1. The number of carbonyl (C=O) groups is 1. The van der Waals surface area contributed by atoms with E-state index in [1.807, 2.05) is 18.2 Å². The van der Waals surface area contributed by atoms with E-state index in [0.717, 1.165) is 24.9 Å². The summed E-state index contributed by atoms with van der Waals surface area (Å²) < 4.78 is 16.7. The van der Waals surface area contributed by atoms with E-state index in [-0.39, 0.29) is 17.9 Å². The van der Waals surface area contributed by atoms with E-state index in [2.05, 4.69) is 5.32 Å². The number of carbonyl (C=O) groups excluding carboxylic acids is 1. The molecule has 1 saturated heterocycles. The molecule has 1 amide bonds. The van der Waals surface area contributed by atoms with E-state index in [4.69, 9.17) is 14.2 Å². The van der Waals surface area contributed by atoms with Crippen LogP contribution < -0.4 is 14.8 Å². The lowest BCUT2D eigenvalue weighted by Gasteiger charge is -2.17. The van der Waals surface area contributed by atoms with Gasteiger partial charge in [0, 0.05) is 18.4 Å². The highest BCUT2D eigenvalue weighted by Crippen LogP contribution is 2.34. The molecule has 1 atom stereocenters. The topological polar surface area (TPSA) is 56.8 Å². The first-order valence-electron chi connectivity index (χ1n) is 7.99. The summed E-state index contributed by atoms with van der Waals surface area (Å²) in [5, 5.41) is 2.95. The zero-order valence-corrected chi connectivity index (χ0v) is 13.0. The Labute approximate surface area is 130 Å². The smallest absolute Gasteiger partial charge is 0.229 e. The Kier molecular flexibility index (Phi) is 4.83. The average Bonchev–Trinajstić information content (AvgIpc) is 3.21. The van der Waals surface area contributed by atoms with Crippen molar-refractivity contribution in [1.82, 2.24) is 0 Å². The molecule has 0 radical (unpaired) electrons. The minimum atomic E-state index is -0.0543. The molecule has 2 aliphatic rings. The summed E-state index contributed by atoms with van der Waals surface area (Å²) in [6.45, 7) is 1.17. The van der Waals surface area contributed by atoms with Crippen LogP contribution in [0.5, 0.6) is 11.5 Å². The third-order valence-corrected chi connectivity index (χ3v) is 4.33. The molecular formula is C17H23NO4. The van der Waals surface area contributed by atoms with Gasteiger partial charge >= 0.3 is 0 Å². The van der Waals surface area contributed by atoms with Gasteiger partial charge in [-0.25, -0.2) is 0 Å². The molecule has 0 bridgehead atoms. The summed E-state index contributed by atoms with van der Waals surface area (Å²) in [4.78, 5) is 12.2. The van der Waals surface area contributed by atoms with Crippen molar-refractivity contribution in [3.05, 3.63) is 18.2 Å². The maximum Gasteiger partial charge on any atom is 0.229 e. The van der Waals surface area contributed by atoms with Crippen LogP contribution in [0.15, 0.2) is 18.2 Å². The zero-order valence-electron chi connectivity index (χ0n) is 13.0. The maximum atomic E-state index is 12.2. The maximum absolute atomic E-state index is 12.2. The molecule has 0 aromatic heterocycles. The first-order chi connectivity index (χ1) is 10.8. The molecule has 1 aliphatic carbocycles. The van der Waals surface area contributed by atoms with E-state index in [9.17, 15) is 4.79 Å². The van der Waals surface area contributed by atoms with Crippen molar-refractivity contribution in [2.75, 3.05) is 25.6 Å². The van der Waals surface area contributed by atoms with Crippen molar-refractivity contribution in [2.24, 2.45) is 5.92 Å². The molecule has 2 fully saturated rings. The van der Waals surface area contributed by atoms with Crippen LogP contribution in [-0.2, 0) is 9.53 Å². The standard InChI is InChI=1S/C17H23NO4/c1-20-15-7-6-13(18-17(19)12-8-9-21-11-12)10-16(15)22-14-4-2-3-5-14/h6-7,10,12,14H,2-5,8-9,11H2,1H3,(H,18,19)/t12-/m0/s1. The van der Waals surface area contributed by atoms with Gasteiger partial charge in [-0.3, -0.25) is 4.79 Å². The number of anilines is 1. The fourth-order valence-corrected chi connectivity index (χ4v) is 3.02. The average molecular weight is 305 g/mol. The van der Waals surface area contributed by atoms with Crippen LogP contribution >= 0.6 is 0 Å². The van der Waals surface area contributed by atoms with Gasteiger partial charge < -0.3 is 19.5 Å². The summed E-state index contributed by atoms with van der Waals surface area (Å²) in [7, 11) is 1.63. The zero-order chi connectivity index (χ0) is 15.4. The van der Waals surface area contributed by atoms with Crippen molar-refractivity contribution in [2.45, 2.75) is 38.2 Å². The van der Waals surface area contributed by atoms with Gasteiger partial charge in [-0.15, -0.1) is 0 Å². The molecule has 120 valence electrons. The Morgan fingerprint density at radius 1 is 1.23 bits per heavy atom. The second-order valence-corrected chi connectivity index (χ2v) is 5.94. The van der Waals surface area contributed by atoms with E-state index in [0.29, 0.717) is 24.7 Å². The predicted octanol–water partition coefficient (Wildman–Crippen LogP) is 2.99. The lowest BCUT2D eigenvalue weighted by molar-refractivity contribution is -0.119. The second kappa shape index (κ2) is 7.01. The van der Waals surface area contributed by atoms with Gasteiger partial charge in [0.15, 0.2) is 11.5 Å². The molecule has 1 aromatic rings. The van der Waals surface area contributed by atoms with Crippen LogP contribution in [0.4, 0.5) is 5.69 Å². The molecule has 5 nitrogen and oxygen atoms in total. The predicted molar refractivity (Wildman–Crippen MR) is 83.4 cm³/mol. The number of nitrogens with one attached hydrogen (secondary N) is 1. The summed E-state index contributed by atoms with van der Waals surface area (Å²) >= 11 is 0. The minimum absolute atomic E-state index is 0.00878. The number of hydrogen-bond donors (Lipinski definition) is 1. The molecule has 1 aromatic carbocycles. The van der Waals surface area contributed by atoms with Gasteiger partial charge in [-0.1, -0.05) is 0 Å².